The molecule has 1 aliphatic heterocycles. The van der Waals surface area contributed by atoms with Crippen LogP contribution in [-0.2, 0) is 21.6 Å². The zero-order chi connectivity index (χ0) is 23.1. The molecule has 1 aliphatic carbocycles. The number of ether oxygens (including phenoxy) is 2. The van der Waals surface area contributed by atoms with E-state index in [0.29, 0.717) is 11.6 Å². The third kappa shape index (κ3) is 3.62. The molecule has 5 heteroatoms. The van der Waals surface area contributed by atoms with Crippen LogP contribution in [0, 0.1) is 5.92 Å². The monoisotopic (exact) mass is 451 g/mol. The number of benzene rings is 3. The Kier molecular flexibility index (Phi) is 5.07. The second-order valence-corrected chi connectivity index (χ2v) is 9.05. The van der Waals surface area contributed by atoms with Crippen molar-refractivity contribution in [2.45, 2.75) is 37.9 Å². The number of carbonyl (C=O) groups is 1. The standard InChI is InChI=1S/C29H25NO4/c1-19(31)32-24-14-8-9-20(18-24)17-23-15-16-25-29(23,34-25)28-30-26(21-10-4-2-5-11-21)27(33-28)22-12-6-3-7-13-22/h2-14,18,23,25H,15-17H2,1H3. The molecule has 1 aromatic heterocycles. The predicted octanol–water partition coefficient (Wildman–Crippen LogP) is 6.18. The summed E-state index contributed by atoms with van der Waals surface area (Å²) in [6.45, 7) is 1.42. The van der Waals surface area contributed by atoms with Crippen molar-refractivity contribution in [1.82, 2.24) is 4.98 Å². The highest BCUT2D eigenvalue weighted by Crippen LogP contribution is 2.62. The van der Waals surface area contributed by atoms with Crippen LogP contribution in [0.3, 0.4) is 0 Å². The lowest BCUT2D eigenvalue weighted by Gasteiger charge is -2.18. The van der Waals surface area contributed by atoms with Gasteiger partial charge >= 0.3 is 5.97 Å². The van der Waals surface area contributed by atoms with E-state index in [2.05, 4.69) is 18.2 Å². The van der Waals surface area contributed by atoms with Gasteiger partial charge in [-0.25, -0.2) is 4.98 Å². The lowest BCUT2D eigenvalue weighted by Crippen LogP contribution is -2.22. The highest BCUT2D eigenvalue weighted by atomic mass is 16.6. The van der Waals surface area contributed by atoms with Gasteiger partial charge in [-0.15, -0.1) is 0 Å². The molecule has 6 rings (SSSR count). The van der Waals surface area contributed by atoms with Gasteiger partial charge < -0.3 is 13.9 Å². The third-order valence-electron chi connectivity index (χ3n) is 6.83. The van der Waals surface area contributed by atoms with Gasteiger partial charge in [0.05, 0.1) is 6.10 Å². The van der Waals surface area contributed by atoms with Crippen LogP contribution in [0.15, 0.2) is 89.3 Å². The number of hydrogen-bond acceptors (Lipinski definition) is 5. The van der Waals surface area contributed by atoms with Gasteiger partial charge in [0.1, 0.15) is 11.4 Å². The van der Waals surface area contributed by atoms with Gasteiger partial charge in [-0.2, -0.15) is 0 Å². The zero-order valence-electron chi connectivity index (χ0n) is 18.9. The Morgan fingerprint density at radius 3 is 2.41 bits per heavy atom. The van der Waals surface area contributed by atoms with E-state index in [0.717, 1.165) is 47.4 Å². The normalized spacial score (nSPS) is 22.9. The van der Waals surface area contributed by atoms with Gasteiger partial charge in [-0.1, -0.05) is 72.8 Å². The number of fused-ring (bicyclic) bond motifs is 1. The van der Waals surface area contributed by atoms with E-state index in [1.165, 1.54) is 6.92 Å². The van der Waals surface area contributed by atoms with E-state index in [-0.39, 0.29) is 18.0 Å². The molecule has 4 aromatic rings. The zero-order valence-corrected chi connectivity index (χ0v) is 18.9. The van der Waals surface area contributed by atoms with Crippen LogP contribution in [0.2, 0.25) is 0 Å². The van der Waals surface area contributed by atoms with Crippen LogP contribution in [0.5, 0.6) is 5.75 Å². The number of esters is 1. The molecule has 5 nitrogen and oxygen atoms in total. The molecule has 0 bridgehead atoms. The molecule has 3 unspecified atom stereocenters. The number of epoxide rings is 1. The van der Waals surface area contributed by atoms with Crippen molar-refractivity contribution in [3.05, 3.63) is 96.4 Å². The summed E-state index contributed by atoms with van der Waals surface area (Å²) < 4.78 is 18.1. The number of carbonyl (C=O) groups excluding carboxylic acids is 1. The Morgan fingerprint density at radius 2 is 1.71 bits per heavy atom. The molecule has 0 radical (unpaired) electrons. The van der Waals surface area contributed by atoms with Crippen molar-refractivity contribution in [2.75, 3.05) is 0 Å². The first-order chi connectivity index (χ1) is 16.6. The molecule has 34 heavy (non-hydrogen) atoms. The highest BCUT2D eigenvalue weighted by molar-refractivity contribution is 5.77. The van der Waals surface area contributed by atoms with Crippen LogP contribution in [0.25, 0.3) is 22.6 Å². The molecule has 3 atom stereocenters. The Balaban J connectivity index is 1.37. The summed E-state index contributed by atoms with van der Waals surface area (Å²) in [5, 5.41) is 0. The molecule has 3 aromatic carbocycles. The smallest absolute Gasteiger partial charge is 0.308 e. The van der Waals surface area contributed by atoms with Crippen LogP contribution < -0.4 is 4.74 Å². The van der Waals surface area contributed by atoms with Crippen molar-refractivity contribution in [1.29, 1.82) is 0 Å². The molecule has 170 valence electrons. The largest absolute Gasteiger partial charge is 0.437 e. The quantitative estimate of drug-likeness (QED) is 0.199. The molecule has 0 N–H and O–H groups in total. The Morgan fingerprint density at radius 1 is 0.971 bits per heavy atom. The van der Waals surface area contributed by atoms with Gasteiger partial charge in [-0.05, 0) is 37.0 Å². The topological polar surface area (TPSA) is 64.9 Å². The van der Waals surface area contributed by atoms with Crippen LogP contribution in [-0.4, -0.2) is 17.1 Å². The molecule has 1 saturated carbocycles. The number of nitrogens with zero attached hydrogens (tertiary/aromatic N) is 1. The summed E-state index contributed by atoms with van der Waals surface area (Å²) in [4.78, 5) is 16.4. The molecule has 2 fully saturated rings. The molecule has 2 heterocycles. The number of hydrogen-bond donors (Lipinski definition) is 0. The van der Waals surface area contributed by atoms with Gasteiger partial charge in [-0.3, -0.25) is 4.79 Å². The first-order valence-electron chi connectivity index (χ1n) is 11.7. The molecule has 0 amide bonds. The van der Waals surface area contributed by atoms with Crippen LogP contribution in [0.1, 0.15) is 31.2 Å². The molecular formula is C29H25NO4. The summed E-state index contributed by atoms with van der Waals surface area (Å²) in [6.07, 6.45) is 2.94. The lowest BCUT2D eigenvalue weighted by atomic mass is 9.88. The van der Waals surface area contributed by atoms with Crippen molar-refractivity contribution in [3.63, 3.8) is 0 Å². The van der Waals surface area contributed by atoms with Gasteiger partial charge in [0.2, 0.25) is 5.89 Å². The minimum Gasteiger partial charge on any atom is -0.437 e. The van der Waals surface area contributed by atoms with E-state index in [4.69, 9.17) is 18.9 Å². The fourth-order valence-electron chi connectivity index (χ4n) is 5.27. The molecule has 2 aliphatic rings. The number of oxazole rings is 1. The molecule has 1 saturated heterocycles. The second kappa shape index (κ2) is 8.26. The first-order valence-corrected chi connectivity index (χ1v) is 11.7. The molecule has 0 spiro atoms. The average molecular weight is 452 g/mol. The maximum absolute atomic E-state index is 11.4. The van der Waals surface area contributed by atoms with E-state index in [9.17, 15) is 4.79 Å². The van der Waals surface area contributed by atoms with E-state index in [1.807, 2.05) is 60.7 Å². The molecular weight excluding hydrogens is 426 g/mol. The maximum atomic E-state index is 11.4. The summed E-state index contributed by atoms with van der Waals surface area (Å²) in [7, 11) is 0. The first kappa shape index (κ1) is 20.9. The van der Waals surface area contributed by atoms with Gasteiger partial charge in [0, 0.05) is 24.0 Å². The fourth-order valence-corrected chi connectivity index (χ4v) is 5.27. The maximum Gasteiger partial charge on any atom is 0.308 e. The minimum absolute atomic E-state index is 0.125. The number of aromatic nitrogens is 1. The summed E-state index contributed by atoms with van der Waals surface area (Å²) in [6, 6.07) is 28.0. The SMILES string of the molecule is CC(=O)Oc1cccc(CC2CCC3OC23c2nc(-c3ccccc3)c(-c3ccccc3)o2)c1. The van der Waals surface area contributed by atoms with Crippen molar-refractivity contribution >= 4 is 5.97 Å². The predicted molar refractivity (Wildman–Crippen MR) is 128 cm³/mol. The van der Waals surface area contributed by atoms with E-state index >= 15 is 0 Å². The van der Waals surface area contributed by atoms with Crippen LogP contribution >= 0.6 is 0 Å². The van der Waals surface area contributed by atoms with Crippen molar-refractivity contribution in [2.24, 2.45) is 5.92 Å². The lowest BCUT2D eigenvalue weighted by molar-refractivity contribution is -0.131. The van der Waals surface area contributed by atoms with Crippen LogP contribution in [0.4, 0.5) is 0 Å². The Labute approximate surface area is 198 Å². The average Bonchev–Trinajstić information content (AvgIpc) is 3.24. The summed E-state index contributed by atoms with van der Waals surface area (Å²) in [5.41, 5.74) is 3.46. The second-order valence-electron chi connectivity index (χ2n) is 9.05. The third-order valence-corrected chi connectivity index (χ3v) is 6.83. The van der Waals surface area contributed by atoms with E-state index in [1.54, 1.807) is 6.07 Å². The van der Waals surface area contributed by atoms with Gasteiger partial charge in [0.25, 0.3) is 0 Å². The fraction of sp³-hybridized carbons (Fsp3) is 0.241. The summed E-state index contributed by atoms with van der Waals surface area (Å²) in [5.74, 6) is 1.92. The van der Waals surface area contributed by atoms with E-state index < -0.39 is 5.60 Å². The Bertz CT molecular complexity index is 1270. The highest BCUT2D eigenvalue weighted by Gasteiger charge is 2.69. The van der Waals surface area contributed by atoms with Gasteiger partial charge in [0.15, 0.2) is 11.4 Å². The summed E-state index contributed by atoms with van der Waals surface area (Å²) >= 11 is 0. The number of rotatable bonds is 6. The minimum atomic E-state index is -0.506. The Hall–Kier alpha value is -3.70. The van der Waals surface area contributed by atoms with Crippen molar-refractivity contribution < 1.29 is 18.7 Å². The van der Waals surface area contributed by atoms with Crippen molar-refractivity contribution in [3.8, 4) is 28.3 Å².